The monoisotopic (exact) mass is 630 g/mol. The summed E-state index contributed by atoms with van der Waals surface area (Å²) in [5, 5.41) is 2.87. The summed E-state index contributed by atoms with van der Waals surface area (Å²) in [6.07, 6.45) is -4.84. The van der Waals surface area contributed by atoms with Crippen LogP contribution in [0.1, 0.15) is 49.5 Å². The summed E-state index contributed by atoms with van der Waals surface area (Å²) in [5.74, 6) is -3.64. The van der Waals surface area contributed by atoms with Gasteiger partial charge in [-0.2, -0.15) is 0 Å². The molecule has 236 valence electrons. The van der Waals surface area contributed by atoms with Crippen LogP contribution >= 0.6 is 11.6 Å². The summed E-state index contributed by atoms with van der Waals surface area (Å²) in [7, 11) is 0. The van der Waals surface area contributed by atoms with Crippen molar-refractivity contribution in [1.82, 2.24) is 10.2 Å². The average Bonchev–Trinajstić information content (AvgIpc) is 2.97. The van der Waals surface area contributed by atoms with E-state index in [1.165, 1.54) is 13.0 Å². The SMILES string of the molecule is CC(=O)O[C@H]1[C@H](OC(C)=O)[C@H](OC(C)=O)CO[C@H]1NC(=O)C1(OC(=O)c2ccccc2Cl)CCN(Cc2ccccc2)CC1. The highest BCUT2D eigenvalue weighted by Gasteiger charge is 2.51. The van der Waals surface area contributed by atoms with Crippen LogP contribution in [0, 0.1) is 0 Å². The molecule has 2 aromatic rings. The van der Waals surface area contributed by atoms with Gasteiger partial charge in [0.15, 0.2) is 30.1 Å². The maximum absolute atomic E-state index is 14.1. The Bertz CT molecular complexity index is 1360. The van der Waals surface area contributed by atoms with Gasteiger partial charge in [-0.25, -0.2) is 4.79 Å². The molecule has 13 heteroatoms. The molecule has 0 aliphatic carbocycles. The van der Waals surface area contributed by atoms with Crippen molar-refractivity contribution >= 4 is 41.4 Å². The maximum atomic E-state index is 14.1. The number of ether oxygens (including phenoxy) is 5. The summed E-state index contributed by atoms with van der Waals surface area (Å²) in [5.41, 5.74) is -0.452. The molecule has 12 nitrogen and oxygen atoms in total. The van der Waals surface area contributed by atoms with Crippen molar-refractivity contribution in [2.45, 2.75) is 70.3 Å². The van der Waals surface area contributed by atoms with Crippen molar-refractivity contribution in [2.75, 3.05) is 19.7 Å². The van der Waals surface area contributed by atoms with E-state index in [2.05, 4.69) is 10.2 Å². The smallest absolute Gasteiger partial charge is 0.340 e. The summed E-state index contributed by atoms with van der Waals surface area (Å²) in [4.78, 5) is 65.3. The molecule has 2 heterocycles. The molecule has 2 aliphatic rings. The van der Waals surface area contributed by atoms with Crippen molar-refractivity contribution < 1.29 is 47.7 Å². The van der Waals surface area contributed by atoms with Crippen molar-refractivity contribution in [1.29, 1.82) is 0 Å². The molecule has 44 heavy (non-hydrogen) atoms. The molecule has 0 aromatic heterocycles. The molecule has 1 N–H and O–H groups in total. The highest BCUT2D eigenvalue weighted by Crippen LogP contribution is 2.32. The van der Waals surface area contributed by atoms with Crippen LogP contribution in [-0.4, -0.2) is 84.5 Å². The van der Waals surface area contributed by atoms with Crippen LogP contribution in [-0.2, 0) is 49.4 Å². The number of benzene rings is 2. The minimum absolute atomic E-state index is 0.0962. The quantitative estimate of drug-likeness (QED) is 0.322. The lowest BCUT2D eigenvalue weighted by Gasteiger charge is -2.43. The maximum Gasteiger partial charge on any atom is 0.340 e. The molecule has 4 rings (SSSR count). The first kappa shape index (κ1) is 32.9. The van der Waals surface area contributed by atoms with E-state index in [-0.39, 0.29) is 30.0 Å². The summed E-state index contributed by atoms with van der Waals surface area (Å²) in [6.45, 7) is 4.64. The number of nitrogens with zero attached hydrogens (tertiary/aromatic N) is 1. The lowest BCUT2D eigenvalue weighted by molar-refractivity contribution is -0.231. The van der Waals surface area contributed by atoms with Gasteiger partial charge in [-0.05, 0) is 17.7 Å². The number of hydrogen-bond donors (Lipinski definition) is 1. The molecule has 4 atom stereocenters. The van der Waals surface area contributed by atoms with Gasteiger partial charge in [0.05, 0.1) is 17.2 Å². The summed E-state index contributed by atoms with van der Waals surface area (Å²) >= 11 is 6.25. The van der Waals surface area contributed by atoms with Gasteiger partial charge in [-0.1, -0.05) is 54.1 Å². The predicted molar refractivity (Wildman–Crippen MR) is 155 cm³/mol. The van der Waals surface area contributed by atoms with Crippen LogP contribution in [0.3, 0.4) is 0 Å². The van der Waals surface area contributed by atoms with Gasteiger partial charge in [0.2, 0.25) is 0 Å². The number of amides is 1. The number of esters is 4. The molecule has 0 saturated carbocycles. The molecule has 0 radical (unpaired) electrons. The minimum atomic E-state index is -1.64. The normalized spacial score (nSPS) is 23.1. The van der Waals surface area contributed by atoms with E-state index < -0.39 is 59.9 Å². The van der Waals surface area contributed by atoms with Crippen molar-refractivity contribution in [3.8, 4) is 0 Å². The fraction of sp³-hybridized carbons (Fsp3) is 0.452. The molecular formula is C31H35ClN2O10. The molecule has 0 bridgehead atoms. The van der Waals surface area contributed by atoms with Crippen LogP contribution in [0.15, 0.2) is 54.6 Å². The summed E-state index contributed by atoms with van der Waals surface area (Å²) in [6, 6.07) is 16.2. The zero-order valence-corrected chi connectivity index (χ0v) is 25.4. The van der Waals surface area contributed by atoms with Crippen molar-refractivity contribution in [3.05, 3.63) is 70.7 Å². The molecule has 2 fully saturated rings. The zero-order valence-electron chi connectivity index (χ0n) is 24.7. The van der Waals surface area contributed by atoms with Crippen LogP contribution in [0.5, 0.6) is 0 Å². The van der Waals surface area contributed by atoms with Gasteiger partial charge in [0, 0.05) is 53.2 Å². The highest BCUT2D eigenvalue weighted by molar-refractivity contribution is 6.33. The largest absolute Gasteiger partial charge is 0.456 e. The zero-order chi connectivity index (χ0) is 31.9. The van der Waals surface area contributed by atoms with E-state index in [0.29, 0.717) is 19.6 Å². The molecular weight excluding hydrogens is 596 g/mol. The summed E-state index contributed by atoms with van der Waals surface area (Å²) < 4.78 is 27.8. The number of carbonyl (C=O) groups is 5. The second-order valence-corrected chi connectivity index (χ2v) is 11.1. The minimum Gasteiger partial charge on any atom is -0.456 e. The Kier molecular flexibility index (Phi) is 11.0. The molecule has 1 amide bonds. The number of carbonyl (C=O) groups excluding carboxylic acids is 5. The third kappa shape index (κ3) is 8.34. The van der Waals surface area contributed by atoms with Gasteiger partial charge in [0.1, 0.15) is 0 Å². The Hall–Kier alpha value is -4.00. The predicted octanol–water partition coefficient (Wildman–Crippen LogP) is 2.80. The molecule has 2 saturated heterocycles. The Morgan fingerprint density at radius 1 is 0.864 bits per heavy atom. The second-order valence-electron chi connectivity index (χ2n) is 10.6. The van der Waals surface area contributed by atoms with E-state index in [1.54, 1.807) is 18.2 Å². The van der Waals surface area contributed by atoms with E-state index in [9.17, 15) is 24.0 Å². The Balaban J connectivity index is 1.59. The molecule has 2 aliphatic heterocycles. The van der Waals surface area contributed by atoms with Crippen molar-refractivity contribution in [3.63, 3.8) is 0 Å². The van der Waals surface area contributed by atoms with E-state index in [1.807, 2.05) is 30.3 Å². The Labute approximate surface area is 259 Å². The lowest BCUT2D eigenvalue weighted by atomic mass is 9.89. The third-order valence-electron chi connectivity index (χ3n) is 7.33. The number of rotatable bonds is 9. The standard InChI is InChI=1S/C31H35ClN2O10/c1-19(35)41-25-18-40-28(27(43-21(3)37)26(25)42-20(2)36)33-30(39)31(44-29(38)23-11-7-8-12-24(23)32)13-15-34(16-14-31)17-22-9-5-4-6-10-22/h4-12,25-28H,13-18H2,1-3H3,(H,33,39)/t25-,26-,27+,28-/m1/s1. The van der Waals surface area contributed by atoms with E-state index >= 15 is 0 Å². The third-order valence-corrected chi connectivity index (χ3v) is 7.66. The van der Waals surface area contributed by atoms with Gasteiger partial charge < -0.3 is 29.0 Å². The topological polar surface area (TPSA) is 147 Å². The number of halogens is 1. The first-order chi connectivity index (χ1) is 21.0. The number of likely N-dealkylation sites (tertiary alicyclic amines) is 1. The first-order valence-corrected chi connectivity index (χ1v) is 14.5. The van der Waals surface area contributed by atoms with Crippen molar-refractivity contribution in [2.24, 2.45) is 0 Å². The van der Waals surface area contributed by atoms with Crippen LogP contribution in [0.25, 0.3) is 0 Å². The van der Waals surface area contributed by atoms with Crippen LogP contribution < -0.4 is 5.32 Å². The molecule has 0 unspecified atom stereocenters. The van der Waals surface area contributed by atoms with E-state index in [4.69, 9.17) is 35.3 Å². The Morgan fingerprint density at radius 2 is 1.45 bits per heavy atom. The van der Waals surface area contributed by atoms with E-state index in [0.717, 1.165) is 19.4 Å². The fourth-order valence-electron chi connectivity index (χ4n) is 5.27. The molecule has 2 aromatic carbocycles. The van der Waals surface area contributed by atoms with Gasteiger partial charge >= 0.3 is 23.9 Å². The van der Waals surface area contributed by atoms with Gasteiger partial charge in [-0.3, -0.25) is 24.1 Å². The van der Waals surface area contributed by atoms with Gasteiger partial charge in [-0.15, -0.1) is 0 Å². The van der Waals surface area contributed by atoms with Gasteiger partial charge in [0.25, 0.3) is 5.91 Å². The first-order valence-electron chi connectivity index (χ1n) is 14.2. The Morgan fingerprint density at radius 3 is 2.07 bits per heavy atom. The van der Waals surface area contributed by atoms with Crippen LogP contribution in [0.4, 0.5) is 0 Å². The number of hydrogen-bond acceptors (Lipinski definition) is 11. The highest BCUT2D eigenvalue weighted by atomic mass is 35.5. The number of piperidine rings is 1. The molecule has 0 spiro atoms. The number of nitrogens with one attached hydrogen (secondary N) is 1. The van der Waals surface area contributed by atoms with Crippen LogP contribution in [0.2, 0.25) is 5.02 Å². The fourth-order valence-corrected chi connectivity index (χ4v) is 5.49. The average molecular weight is 631 g/mol. The second kappa shape index (κ2) is 14.7. The lowest BCUT2D eigenvalue weighted by Crippen LogP contribution is -2.65.